The molecule has 3 aromatic rings. The number of hydrogen-bond donors (Lipinski definition) is 0. The highest BCUT2D eigenvalue weighted by Crippen LogP contribution is 2.17. The van der Waals surface area contributed by atoms with E-state index in [2.05, 4.69) is 130 Å². The van der Waals surface area contributed by atoms with E-state index in [-0.39, 0.29) is 0 Å². The molecule has 0 N–H and O–H groups in total. The molecule has 4 heteroatoms. The van der Waals surface area contributed by atoms with Crippen molar-refractivity contribution >= 4 is 41.4 Å². The predicted octanol–water partition coefficient (Wildman–Crippen LogP) is 2.40. The molecule has 145 valence electrons. The summed E-state index contributed by atoms with van der Waals surface area (Å²) < 4.78 is 0. The summed E-state index contributed by atoms with van der Waals surface area (Å²) in [6.07, 6.45) is 0. The van der Waals surface area contributed by atoms with Crippen LogP contribution in [0.1, 0.15) is 0 Å². The standard InChI is InChI=1S/C24H30N3Si/c1-25(2)19-13-7-10-16-22(19)28(23-17-11-8-14-20(23)26(3)4)24-18-12-9-15-21(24)27(5)6/h7-18H,1-6H3. The minimum atomic E-state index is -1.23. The van der Waals surface area contributed by atoms with Crippen molar-refractivity contribution in [3.05, 3.63) is 72.8 Å². The number of hydrogen-bond acceptors (Lipinski definition) is 3. The second-order valence-electron chi connectivity index (χ2n) is 7.61. The lowest BCUT2D eigenvalue weighted by atomic mass is 10.3. The lowest BCUT2D eigenvalue weighted by Gasteiger charge is -2.29. The third kappa shape index (κ3) is 3.92. The smallest absolute Gasteiger partial charge is 0.162 e. The first-order chi connectivity index (χ1) is 13.4. The van der Waals surface area contributed by atoms with E-state index in [1.807, 2.05) is 0 Å². The second-order valence-corrected chi connectivity index (χ2v) is 9.98. The Hall–Kier alpha value is -2.72. The summed E-state index contributed by atoms with van der Waals surface area (Å²) in [4.78, 5) is 6.70. The van der Waals surface area contributed by atoms with Gasteiger partial charge in [-0.15, -0.1) is 0 Å². The van der Waals surface area contributed by atoms with Crippen LogP contribution >= 0.6 is 0 Å². The fraction of sp³-hybridized carbons (Fsp3) is 0.250. The summed E-state index contributed by atoms with van der Waals surface area (Å²) in [5, 5.41) is 4.25. The van der Waals surface area contributed by atoms with Crippen LogP contribution in [0.25, 0.3) is 0 Å². The Labute approximate surface area is 171 Å². The molecule has 0 amide bonds. The maximum atomic E-state index is 2.31. The van der Waals surface area contributed by atoms with Crippen molar-refractivity contribution in [3.8, 4) is 0 Å². The maximum Gasteiger partial charge on any atom is 0.162 e. The largest absolute Gasteiger partial charge is 0.378 e. The first kappa shape index (κ1) is 20.0. The highest BCUT2D eigenvalue weighted by molar-refractivity contribution is 6.98. The summed E-state index contributed by atoms with van der Waals surface area (Å²) >= 11 is 0. The Kier molecular flexibility index (Phi) is 6.10. The molecule has 0 saturated heterocycles. The molecule has 0 unspecified atom stereocenters. The number of nitrogens with zero attached hydrogens (tertiary/aromatic N) is 3. The fourth-order valence-electron chi connectivity index (χ4n) is 3.66. The first-order valence-electron chi connectivity index (χ1n) is 9.59. The molecule has 0 aliphatic carbocycles. The van der Waals surface area contributed by atoms with Crippen molar-refractivity contribution in [1.29, 1.82) is 0 Å². The van der Waals surface area contributed by atoms with Gasteiger partial charge in [0.2, 0.25) is 0 Å². The zero-order valence-electron chi connectivity index (χ0n) is 17.8. The average molecular weight is 389 g/mol. The van der Waals surface area contributed by atoms with Crippen molar-refractivity contribution in [1.82, 2.24) is 0 Å². The topological polar surface area (TPSA) is 9.72 Å². The van der Waals surface area contributed by atoms with E-state index in [4.69, 9.17) is 0 Å². The van der Waals surface area contributed by atoms with Crippen LogP contribution in [0.5, 0.6) is 0 Å². The van der Waals surface area contributed by atoms with Gasteiger partial charge in [-0.25, -0.2) is 0 Å². The Bertz CT molecular complexity index is 812. The van der Waals surface area contributed by atoms with Crippen molar-refractivity contribution in [3.63, 3.8) is 0 Å². The van der Waals surface area contributed by atoms with Gasteiger partial charge in [-0.2, -0.15) is 0 Å². The van der Waals surface area contributed by atoms with Crippen molar-refractivity contribution in [2.24, 2.45) is 0 Å². The Morgan fingerprint density at radius 3 is 0.929 bits per heavy atom. The molecule has 3 aromatic carbocycles. The van der Waals surface area contributed by atoms with E-state index < -0.39 is 8.80 Å². The predicted molar refractivity (Wildman–Crippen MR) is 127 cm³/mol. The Balaban J connectivity index is 2.35. The van der Waals surface area contributed by atoms with Gasteiger partial charge in [0.1, 0.15) is 0 Å². The quantitative estimate of drug-likeness (QED) is 0.474. The van der Waals surface area contributed by atoms with Gasteiger partial charge in [0.25, 0.3) is 0 Å². The molecule has 3 rings (SSSR count). The summed E-state index contributed by atoms with van der Waals surface area (Å²) in [7, 11) is 11.6. The SMILES string of the molecule is CN(C)c1ccccc1[Si](c1ccccc1N(C)C)c1ccccc1N(C)C. The van der Waals surface area contributed by atoms with Gasteiger partial charge in [-0.05, 0) is 33.8 Å². The number of rotatable bonds is 6. The molecule has 0 aliphatic heterocycles. The van der Waals surface area contributed by atoms with E-state index >= 15 is 0 Å². The van der Waals surface area contributed by atoms with Gasteiger partial charge >= 0.3 is 0 Å². The van der Waals surface area contributed by atoms with Crippen LogP contribution in [-0.4, -0.2) is 51.1 Å². The molecule has 0 saturated carbocycles. The van der Waals surface area contributed by atoms with Gasteiger partial charge in [-0.3, -0.25) is 0 Å². The monoisotopic (exact) mass is 388 g/mol. The first-order valence-corrected chi connectivity index (χ1v) is 11.1. The molecular weight excluding hydrogens is 358 g/mol. The number of anilines is 3. The second kappa shape index (κ2) is 8.53. The van der Waals surface area contributed by atoms with Crippen molar-refractivity contribution in [2.75, 3.05) is 57.0 Å². The van der Waals surface area contributed by atoms with Gasteiger partial charge in [0.15, 0.2) is 8.80 Å². The highest BCUT2D eigenvalue weighted by Gasteiger charge is 2.28. The van der Waals surface area contributed by atoms with E-state index in [0.717, 1.165) is 0 Å². The van der Waals surface area contributed by atoms with Crippen molar-refractivity contribution < 1.29 is 0 Å². The third-order valence-corrected chi connectivity index (χ3v) is 7.85. The van der Waals surface area contributed by atoms with Crippen molar-refractivity contribution in [2.45, 2.75) is 0 Å². The van der Waals surface area contributed by atoms with E-state index in [1.165, 1.54) is 32.6 Å². The van der Waals surface area contributed by atoms with Crippen LogP contribution in [0.4, 0.5) is 17.1 Å². The fourth-order valence-corrected chi connectivity index (χ4v) is 7.01. The van der Waals surface area contributed by atoms with Crippen LogP contribution in [0, 0.1) is 0 Å². The van der Waals surface area contributed by atoms with E-state index in [9.17, 15) is 0 Å². The molecule has 0 bridgehead atoms. The van der Waals surface area contributed by atoms with Gasteiger partial charge in [0.05, 0.1) is 0 Å². The Morgan fingerprint density at radius 2 is 0.679 bits per heavy atom. The van der Waals surface area contributed by atoms with Crippen LogP contribution in [0.2, 0.25) is 0 Å². The average Bonchev–Trinajstić information content (AvgIpc) is 2.69. The van der Waals surface area contributed by atoms with Crippen LogP contribution in [-0.2, 0) is 0 Å². The van der Waals surface area contributed by atoms with Gasteiger partial charge in [0, 0.05) is 59.3 Å². The lowest BCUT2D eigenvalue weighted by molar-refractivity contribution is 1.13. The minimum Gasteiger partial charge on any atom is -0.378 e. The molecule has 0 heterocycles. The Morgan fingerprint density at radius 1 is 0.429 bits per heavy atom. The van der Waals surface area contributed by atoms with E-state index in [0.29, 0.717) is 0 Å². The molecule has 0 spiro atoms. The van der Waals surface area contributed by atoms with E-state index in [1.54, 1.807) is 0 Å². The molecule has 0 fully saturated rings. The molecule has 0 aromatic heterocycles. The lowest BCUT2D eigenvalue weighted by Crippen LogP contribution is -2.55. The summed E-state index contributed by atoms with van der Waals surface area (Å²) in [5.74, 6) is 0. The van der Waals surface area contributed by atoms with Crippen LogP contribution in [0.15, 0.2) is 72.8 Å². The van der Waals surface area contributed by atoms with Gasteiger partial charge < -0.3 is 14.7 Å². The molecule has 28 heavy (non-hydrogen) atoms. The van der Waals surface area contributed by atoms with Crippen LogP contribution in [0.3, 0.4) is 0 Å². The highest BCUT2D eigenvalue weighted by atomic mass is 28.3. The minimum absolute atomic E-state index is 1.23. The molecule has 3 nitrogen and oxygen atoms in total. The normalized spacial score (nSPS) is 10.8. The molecular formula is C24H30N3Si. The molecule has 0 atom stereocenters. The number of benzene rings is 3. The molecule has 1 radical (unpaired) electrons. The summed E-state index contributed by atoms with van der Waals surface area (Å²) in [6.45, 7) is 0. The third-order valence-electron chi connectivity index (χ3n) is 4.97. The zero-order valence-corrected chi connectivity index (χ0v) is 18.8. The molecule has 0 aliphatic rings. The van der Waals surface area contributed by atoms with Gasteiger partial charge in [-0.1, -0.05) is 54.6 Å². The number of para-hydroxylation sites is 3. The summed E-state index contributed by atoms with van der Waals surface area (Å²) in [6, 6.07) is 26.5. The van der Waals surface area contributed by atoms with Crippen LogP contribution < -0.4 is 30.3 Å². The summed E-state index contributed by atoms with van der Waals surface area (Å²) in [5.41, 5.74) is 3.87. The maximum absolute atomic E-state index is 2.31. The zero-order chi connectivity index (χ0) is 20.3.